The third kappa shape index (κ3) is 3.48. The van der Waals surface area contributed by atoms with Crippen LogP contribution in [-0.2, 0) is 6.54 Å². The van der Waals surface area contributed by atoms with Crippen molar-refractivity contribution in [3.63, 3.8) is 0 Å². The molecule has 0 spiro atoms. The number of aliphatic hydroxyl groups is 1. The van der Waals surface area contributed by atoms with E-state index < -0.39 is 0 Å². The van der Waals surface area contributed by atoms with Gasteiger partial charge in [-0.05, 0) is 29.2 Å². The van der Waals surface area contributed by atoms with Gasteiger partial charge in [-0.1, -0.05) is 38.4 Å². The SMILES string of the molecule is CC(C)(C)C(O)CNCc1ccc(Cl)c2cccnc12. The molecule has 0 bridgehead atoms. The number of aliphatic hydroxyl groups excluding tert-OH is 1. The number of rotatable bonds is 4. The molecule has 0 radical (unpaired) electrons. The first-order valence-electron chi connectivity index (χ1n) is 6.80. The summed E-state index contributed by atoms with van der Waals surface area (Å²) in [4.78, 5) is 4.40. The molecule has 1 heterocycles. The fourth-order valence-corrected chi connectivity index (χ4v) is 2.20. The molecule has 0 saturated heterocycles. The Morgan fingerprint density at radius 2 is 2.05 bits per heavy atom. The number of benzene rings is 1. The second-order valence-corrected chi connectivity index (χ2v) is 6.53. The van der Waals surface area contributed by atoms with Crippen LogP contribution in [0.5, 0.6) is 0 Å². The summed E-state index contributed by atoms with van der Waals surface area (Å²) in [6.45, 7) is 7.30. The highest BCUT2D eigenvalue weighted by molar-refractivity contribution is 6.35. The van der Waals surface area contributed by atoms with Crippen molar-refractivity contribution >= 4 is 22.5 Å². The van der Waals surface area contributed by atoms with E-state index in [0.717, 1.165) is 16.5 Å². The van der Waals surface area contributed by atoms with E-state index >= 15 is 0 Å². The van der Waals surface area contributed by atoms with Crippen LogP contribution in [0.25, 0.3) is 10.9 Å². The first-order chi connectivity index (χ1) is 9.39. The van der Waals surface area contributed by atoms with Crippen LogP contribution in [-0.4, -0.2) is 22.7 Å². The van der Waals surface area contributed by atoms with Crippen molar-refractivity contribution in [3.8, 4) is 0 Å². The molecule has 3 nitrogen and oxygen atoms in total. The highest BCUT2D eigenvalue weighted by Gasteiger charge is 2.21. The first kappa shape index (κ1) is 15.2. The van der Waals surface area contributed by atoms with Gasteiger partial charge in [-0.15, -0.1) is 0 Å². The highest BCUT2D eigenvalue weighted by atomic mass is 35.5. The topological polar surface area (TPSA) is 45.1 Å². The van der Waals surface area contributed by atoms with Crippen LogP contribution in [0.4, 0.5) is 0 Å². The van der Waals surface area contributed by atoms with Crippen molar-refractivity contribution in [2.75, 3.05) is 6.54 Å². The fraction of sp³-hybridized carbons (Fsp3) is 0.438. The minimum absolute atomic E-state index is 0.118. The molecule has 1 unspecified atom stereocenters. The van der Waals surface area contributed by atoms with E-state index in [1.807, 2.05) is 45.0 Å². The monoisotopic (exact) mass is 292 g/mol. The number of aromatic nitrogens is 1. The van der Waals surface area contributed by atoms with Gasteiger partial charge in [-0.3, -0.25) is 4.98 Å². The molecule has 2 rings (SSSR count). The molecule has 1 aromatic heterocycles. The molecule has 0 amide bonds. The molecule has 108 valence electrons. The van der Waals surface area contributed by atoms with Crippen LogP contribution in [0.15, 0.2) is 30.5 Å². The molecule has 20 heavy (non-hydrogen) atoms. The van der Waals surface area contributed by atoms with Gasteiger partial charge in [-0.25, -0.2) is 0 Å². The molecule has 2 aromatic rings. The molecule has 0 saturated carbocycles. The zero-order chi connectivity index (χ0) is 14.8. The Bertz CT molecular complexity index is 593. The summed E-state index contributed by atoms with van der Waals surface area (Å²) in [7, 11) is 0. The molecule has 0 aliphatic rings. The summed E-state index contributed by atoms with van der Waals surface area (Å²) < 4.78 is 0. The molecule has 2 N–H and O–H groups in total. The molecule has 1 aromatic carbocycles. The van der Waals surface area contributed by atoms with E-state index in [9.17, 15) is 5.11 Å². The lowest BCUT2D eigenvalue weighted by atomic mass is 9.89. The minimum Gasteiger partial charge on any atom is -0.391 e. The Balaban J connectivity index is 2.10. The summed E-state index contributed by atoms with van der Waals surface area (Å²) in [5.41, 5.74) is 1.89. The number of halogens is 1. The van der Waals surface area contributed by atoms with Crippen LogP contribution < -0.4 is 5.32 Å². The normalized spacial score (nSPS) is 13.7. The van der Waals surface area contributed by atoms with Gasteiger partial charge in [0.05, 0.1) is 11.6 Å². The third-order valence-corrected chi connectivity index (χ3v) is 3.78. The number of pyridine rings is 1. The average molecular weight is 293 g/mol. The summed E-state index contributed by atoms with van der Waals surface area (Å²) in [5.74, 6) is 0. The largest absolute Gasteiger partial charge is 0.391 e. The van der Waals surface area contributed by atoms with Crippen LogP contribution in [0.1, 0.15) is 26.3 Å². The maximum atomic E-state index is 10.0. The van der Waals surface area contributed by atoms with Gasteiger partial charge in [0.15, 0.2) is 0 Å². The van der Waals surface area contributed by atoms with E-state index in [4.69, 9.17) is 11.6 Å². The Kier molecular flexibility index (Phi) is 4.63. The average Bonchev–Trinajstić information content (AvgIpc) is 2.40. The van der Waals surface area contributed by atoms with E-state index in [2.05, 4.69) is 10.3 Å². The zero-order valence-corrected chi connectivity index (χ0v) is 12.9. The van der Waals surface area contributed by atoms with Crippen LogP contribution >= 0.6 is 11.6 Å². The van der Waals surface area contributed by atoms with E-state index in [1.165, 1.54) is 0 Å². The fourth-order valence-electron chi connectivity index (χ4n) is 1.99. The van der Waals surface area contributed by atoms with Crippen LogP contribution in [0.2, 0.25) is 5.02 Å². The number of hydrogen-bond acceptors (Lipinski definition) is 3. The third-order valence-electron chi connectivity index (χ3n) is 3.45. The minimum atomic E-state index is -0.381. The van der Waals surface area contributed by atoms with Crippen LogP contribution in [0.3, 0.4) is 0 Å². The smallest absolute Gasteiger partial charge is 0.0761 e. The second kappa shape index (κ2) is 6.08. The first-order valence-corrected chi connectivity index (χ1v) is 7.18. The summed E-state index contributed by atoms with van der Waals surface area (Å²) in [6, 6.07) is 7.73. The summed E-state index contributed by atoms with van der Waals surface area (Å²) in [6.07, 6.45) is 1.39. The Labute approximate surface area is 125 Å². The molecular weight excluding hydrogens is 272 g/mol. The van der Waals surface area contributed by atoms with Gasteiger partial charge in [0, 0.05) is 29.7 Å². The van der Waals surface area contributed by atoms with Gasteiger partial charge in [0.2, 0.25) is 0 Å². The Morgan fingerprint density at radius 3 is 2.75 bits per heavy atom. The number of fused-ring (bicyclic) bond motifs is 1. The standard InChI is InChI=1S/C16H21ClN2O/c1-16(2,3)14(20)10-18-9-11-6-7-13(17)12-5-4-8-19-15(11)12/h4-8,14,18,20H,9-10H2,1-3H3. The summed E-state index contributed by atoms with van der Waals surface area (Å²) >= 11 is 6.17. The van der Waals surface area contributed by atoms with Gasteiger partial charge in [-0.2, -0.15) is 0 Å². The lowest BCUT2D eigenvalue weighted by molar-refractivity contribution is 0.0628. The Morgan fingerprint density at radius 1 is 1.30 bits per heavy atom. The molecular formula is C16H21ClN2O. The number of nitrogens with one attached hydrogen (secondary N) is 1. The van der Waals surface area contributed by atoms with Gasteiger partial charge < -0.3 is 10.4 Å². The molecule has 0 aliphatic carbocycles. The maximum Gasteiger partial charge on any atom is 0.0761 e. The highest BCUT2D eigenvalue weighted by Crippen LogP contribution is 2.24. The zero-order valence-electron chi connectivity index (χ0n) is 12.2. The van der Waals surface area contributed by atoms with E-state index in [-0.39, 0.29) is 11.5 Å². The molecule has 0 aliphatic heterocycles. The maximum absolute atomic E-state index is 10.0. The predicted octanol–water partition coefficient (Wildman–Crippen LogP) is 3.38. The quantitative estimate of drug-likeness (QED) is 0.908. The van der Waals surface area contributed by atoms with Crippen LogP contribution in [0, 0.1) is 5.41 Å². The number of nitrogens with zero attached hydrogens (tertiary/aromatic N) is 1. The molecule has 0 fully saturated rings. The van der Waals surface area contributed by atoms with E-state index in [1.54, 1.807) is 6.20 Å². The van der Waals surface area contributed by atoms with Crippen molar-refractivity contribution in [3.05, 3.63) is 41.0 Å². The Hall–Kier alpha value is -1.16. The van der Waals surface area contributed by atoms with E-state index in [0.29, 0.717) is 18.1 Å². The molecule has 4 heteroatoms. The second-order valence-electron chi connectivity index (χ2n) is 6.12. The molecule has 1 atom stereocenters. The summed E-state index contributed by atoms with van der Waals surface area (Å²) in [5, 5.41) is 15.0. The van der Waals surface area contributed by atoms with Crippen molar-refractivity contribution in [1.82, 2.24) is 10.3 Å². The van der Waals surface area contributed by atoms with Gasteiger partial charge in [0.25, 0.3) is 0 Å². The van der Waals surface area contributed by atoms with Crippen molar-refractivity contribution in [1.29, 1.82) is 0 Å². The van der Waals surface area contributed by atoms with Crippen molar-refractivity contribution < 1.29 is 5.11 Å². The lowest BCUT2D eigenvalue weighted by Crippen LogP contribution is -2.36. The number of hydrogen-bond donors (Lipinski definition) is 2. The van der Waals surface area contributed by atoms with Crippen molar-refractivity contribution in [2.45, 2.75) is 33.4 Å². The van der Waals surface area contributed by atoms with Gasteiger partial charge in [0.1, 0.15) is 0 Å². The predicted molar refractivity (Wildman–Crippen MR) is 83.9 cm³/mol. The van der Waals surface area contributed by atoms with Crippen molar-refractivity contribution in [2.24, 2.45) is 5.41 Å². The van der Waals surface area contributed by atoms with Gasteiger partial charge >= 0.3 is 0 Å². The lowest BCUT2D eigenvalue weighted by Gasteiger charge is -2.26.